The van der Waals surface area contributed by atoms with Crippen molar-refractivity contribution in [2.75, 3.05) is 18.0 Å². The zero-order valence-corrected chi connectivity index (χ0v) is 35.0. The molecule has 2 fully saturated rings. The van der Waals surface area contributed by atoms with Gasteiger partial charge in [-0.1, -0.05) is 133 Å². The van der Waals surface area contributed by atoms with Crippen LogP contribution in [0.3, 0.4) is 0 Å². The first-order valence-electron chi connectivity index (χ1n) is 18.2. The van der Waals surface area contributed by atoms with Gasteiger partial charge in [-0.05, 0) is 113 Å². The van der Waals surface area contributed by atoms with Crippen molar-refractivity contribution in [1.29, 1.82) is 0 Å². The predicted molar refractivity (Wildman–Crippen MR) is 245 cm³/mol. The number of hydrogen-bond acceptors (Lipinski definition) is 9. The minimum atomic E-state index is -1.14. The number of carbonyl (C=O) groups is 4. The summed E-state index contributed by atoms with van der Waals surface area (Å²) in [7, 11) is 0. The quantitative estimate of drug-likeness (QED) is 0.0710. The van der Waals surface area contributed by atoms with E-state index in [0.717, 1.165) is 83.8 Å². The van der Waals surface area contributed by atoms with Gasteiger partial charge in [-0.2, -0.15) is 0 Å². The molecule has 7 rings (SSSR count). The van der Waals surface area contributed by atoms with E-state index in [2.05, 4.69) is 79.4 Å². The van der Waals surface area contributed by atoms with Gasteiger partial charge in [0.2, 0.25) is 0 Å². The lowest BCUT2D eigenvalue weighted by molar-refractivity contribution is -0.140. The molecule has 2 saturated heterocycles. The van der Waals surface area contributed by atoms with Gasteiger partial charge in [0.15, 0.2) is 0 Å². The zero-order chi connectivity index (χ0) is 41.8. The first-order valence-corrected chi connectivity index (χ1v) is 20.7. The van der Waals surface area contributed by atoms with Gasteiger partial charge in [-0.3, -0.25) is 29.0 Å². The average Bonchev–Trinajstić information content (AvgIpc) is 3.63. The van der Waals surface area contributed by atoms with E-state index >= 15 is 0 Å². The van der Waals surface area contributed by atoms with Gasteiger partial charge in [-0.15, -0.1) is 0 Å². The number of amides is 2. The molecule has 59 heavy (non-hydrogen) atoms. The fourth-order valence-corrected chi connectivity index (χ4v) is 8.99. The largest absolute Gasteiger partial charge is 0.480 e. The number of hydrogen-bond donors (Lipinski definition) is 2. The van der Waals surface area contributed by atoms with E-state index in [1.807, 2.05) is 66.7 Å². The molecule has 0 aromatic heterocycles. The number of thiocarbonyl (C=S) groups is 2. The maximum absolute atomic E-state index is 12.9. The fraction of sp³-hybridized carbons (Fsp3) is 0.0870. The van der Waals surface area contributed by atoms with Crippen LogP contribution in [0.4, 0.5) is 17.1 Å². The van der Waals surface area contributed by atoms with Crippen LogP contribution in [-0.2, 0) is 19.2 Å². The summed E-state index contributed by atoms with van der Waals surface area (Å²) in [5.41, 5.74) is 10.8. The van der Waals surface area contributed by atoms with Crippen molar-refractivity contribution in [3.63, 3.8) is 0 Å². The van der Waals surface area contributed by atoms with Crippen molar-refractivity contribution in [3.8, 4) is 0 Å². The van der Waals surface area contributed by atoms with Crippen molar-refractivity contribution in [2.24, 2.45) is 0 Å². The summed E-state index contributed by atoms with van der Waals surface area (Å²) in [4.78, 5) is 53.4. The van der Waals surface area contributed by atoms with Crippen LogP contribution in [0.15, 0.2) is 131 Å². The number of rotatable bonds is 12. The lowest BCUT2D eigenvalue weighted by atomic mass is 9.93. The first kappa shape index (κ1) is 41.1. The van der Waals surface area contributed by atoms with E-state index < -0.39 is 36.8 Å². The molecule has 2 aliphatic heterocycles. The number of nitrogens with zero attached hydrogens (tertiary/aromatic N) is 3. The lowest BCUT2D eigenvalue weighted by Gasteiger charge is -2.26. The molecule has 2 N–H and O–H groups in total. The van der Waals surface area contributed by atoms with Gasteiger partial charge in [0.1, 0.15) is 21.7 Å². The molecule has 0 aliphatic carbocycles. The number of carboxylic acid groups (broad SMARTS) is 2. The van der Waals surface area contributed by atoms with Crippen LogP contribution in [0, 0.1) is 13.8 Å². The van der Waals surface area contributed by atoms with Crippen molar-refractivity contribution in [1.82, 2.24) is 9.80 Å². The maximum atomic E-state index is 12.9. The topological polar surface area (TPSA) is 118 Å². The molecule has 0 spiro atoms. The number of benzene rings is 5. The molecule has 2 amide bonds. The molecular weight excluding hydrogens is 819 g/mol. The Morgan fingerprint density at radius 1 is 0.593 bits per heavy atom. The SMILES string of the molecule is Cc1ccc(C(=Cc2ccc(N(c3ccc(/C=C4\SC(=S)N(CC(=O)O)C4=O)cc3)c3ccc(/C=C4/SC(=S)N(CC(=O)O)C4=O)cc3)cc2)c2ccccc2)cc1C. The zero-order valence-electron chi connectivity index (χ0n) is 31.7. The molecule has 0 unspecified atom stereocenters. The summed E-state index contributed by atoms with van der Waals surface area (Å²) in [6, 6.07) is 40.4. The maximum Gasteiger partial charge on any atom is 0.323 e. The monoisotopic (exact) mass is 853 g/mol. The molecule has 9 nitrogen and oxygen atoms in total. The number of anilines is 3. The minimum Gasteiger partial charge on any atom is -0.480 e. The Labute approximate surface area is 360 Å². The Morgan fingerprint density at radius 2 is 1.03 bits per heavy atom. The molecule has 13 heteroatoms. The smallest absolute Gasteiger partial charge is 0.323 e. The molecule has 0 bridgehead atoms. The molecule has 0 atom stereocenters. The van der Waals surface area contributed by atoms with E-state index in [9.17, 15) is 29.4 Å². The highest BCUT2D eigenvalue weighted by Gasteiger charge is 2.34. The van der Waals surface area contributed by atoms with Gasteiger partial charge in [0.25, 0.3) is 11.8 Å². The number of carboxylic acids is 2. The molecule has 5 aromatic carbocycles. The van der Waals surface area contributed by atoms with E-state index in [0.29, 0.717) is 9.81 Å². The molecule has 2 heterocycles. The van der Waals surface area contributed by atoms with Crippen molar-refractivity contribution in [2.45, 2.75) is 13.8 Å². The third-order valence-corrected chi connectivity index (χ3v) is 12.4. The number of thioether (sulfide) groups is 2. The van der Waals surface area contributed by atoms with Gasteiger partial charge in [0, 0.05) is 17.1 Å². The van der Waals surface area contributed by atoms with E-state index in [4.69, 9.17) is 24.4 Å². The normalized spacial score (nSPS) is 15.8. The number of aryl methyl sites for hydroxylation is 2. The van der Waals surface area contributed by atoms with Crippen LogP contribution in [0.25, 0.3) is 23.8 Å². The third kappa shape index (κ3) is 9.45. The van der Waals surface area contributed by atoms with Gasteiger partial charge in [0.05, 0.1) is 9.81 Å². The standard InChI is InChI=1S/C46H35N3O6S4/c1-28-8-15-34(22-29(28)2)38(33-6-4-3-5-7-33)23-30-9-16-35(17-10-30)49(36-18-11-31(12-19-36)24-39-43(54)47(26-41(50)51)45(56)58-39)37-20-13-32(14-21-37)25-40-44(55)48(27-42(52)53)46(57)59-40/h3-25H,26-27H2,1-2H3,(H,50,51)(H,52,53)/b38-23?,39-24-,40-25+. The second-order valence-electron chi connectivity index (χ2n) is 13.7. The van der Waals surface area contributed by atoms with E-state index in [1.54, 1.807) is 12.2 Å². The number of aliphatic carboxylic acids is 2. The summed E-state index contributed by atoms with van der Waals surface area (Å²) >= 11 is 12.7. The molecule has 2 aliphatic rings. The van der Waals surface area contributed by atoms with E-state index in [1.165, 1.54) is 11.1 Å². The molecular formula is C46H35N3O6S4. The predicted octanol–water partition coefficient (Wildman–Crippen LogP) is 9.93. The Kier molecular flexibility index (Phi) is 12.4. The first-order chi connectivity index (χ1) is 28.3. The second kappa shape index (κ2) is 17.8. The van der Waals surface area contributed by atoms with Crippen LogP contribution in [0.2, 0.25) is 0 Å². The van der Waals surface area contributed by atoms with Gasteiger partial charge >= 0.3 is 11.9 Å². The van der Waals surface area contributed by atoms with Crippen LogP contribution in [-0.4, -0.2) is 65.5 Å². The molecule has 0 saturated carbocycles. The van der Waals surface area contributed by atoms with Crippen molar-refractivity contribution < 1.29 is 29.4 Å². The average molecular weight is 854 g/mol. The fourth-order valence-electron chi connectivity index (χ4n) is 6.48. The highest BCUT2D eigenvalue weighted by Crippen LogP contribution is 2.38. The Morgan fingerprint density at radius 3 is 1.46 bits per heavy atom. The number of carbonyl (C=O) groups excluding carboxylic acids is 2. The van der Waals surface area contributed by atoms with Crippen molar-refractivity contribution >= 4 is 121 Å². The minimum absolute atomic E-state index is 0.199. The molecule has 5 aromatic rings. The van der Waals surface area contributed by atoms with Gasteiger partial charge < -0.3 is 15.1 Å². The van der Waals surface area contributed by atoms with E-state index in [-0.39, 0.29) is 8.64 Å². The Balaban J connectivity index is 1.23. The van der Waals surface area contributed by atoms with Crippen LogP contribution < -0.4 is 4.90 Å². The summed E-state index contributed by atoms with van der Waals surface area (Å²) in [6.45, 7) is 3.24. The van der Waals surface area contributed by atoms with Crippen LogP contribution in [0.5, 0.6) is 0 Å². The lowest BCUT2D eigenvalue weighted by Crippen LogP contribution is -2.33. The molecule has 294 valence electrons. The Hall–Kier alpha value is -6.12. The third-order valence-electron chi connectivity index (χ3n) is 9.60. The molecule has 0 radical (unpaired) electrons. The summed E-state index contributed by atoms with van der Waals surface area (Å²) < 4.78 is 0.398. The summed E-state index contributed by atoms with van der Waals surface area (Å²) in [6.07, 6.45) is 5.59. The van der Waals surface area contributed by atoms with Gasteiger partial charge in [-0.25, -0.2) is 0 Å². The van der Waals surface area contributed by atoms with Crippen LogP contribution in [0.1, 0.15) is 38.9 Å². The highest BCUT2D eigenvalue weighted by molar-refractivity contribution is 8.27. The van der Waals surface area contributed by atoms with Crippen molar-refractivity contribution in [3.05, 3.63) is 170 Å². The Bertz CT molecular complexity index is 2500. The summed E-state index contributed by atoms with van der Waals surface area (Å²) in [5, 5.41) is 18.4. The second-order valence-corrected chi connectivity index (χ2v) is 17.0. The summed E-state index contributed by atoms with van der Waals surface area (Å²) in [5.74, 6) is -3.18. The highest BCUT2D eigenvalue weighted by atomic mass is 32.2. The van der Waals surface area contributed by atoms with Crippen LogP contribution >= 0.6 is 48.0 Å².